The van der Waals surface area contributed by atoms with E-state index >= 15 is 0 Å². The molecule has 1 aliphatic heterocycles. The molecule has 0 radical (unpaired) electrons. The number of likely N-dealkylation sites (N-methyl/N-ethyl adjacent to an activating group) is 1. The molecule has 7 heteroatoms. The van der Waals surface area contributed by atoms with Gasteiger partial charge in [-0.2, -0.15) is 0 Å². The number of carbonyl (C=O) groups excluding carboxylic acids is 2. The van der Waals surface area contributed by atoms with Crippen LogP contribution in [-0.2, 0) is 14.3 Å². The van der Waals surface area contributed by atoms with Gasteiger partial charge in [0.15, 0.2) is 0 Å². The Morgan fingerprint density at radius 2 is 1.92 bits per heavy atom. The molecule has 1 aromatic heterocycles. The number of hydrogen-bond acceptors (Lipinski definition) is 6. The van der Waals surface area contributed by atoms with Crippen molar-refractivity contribution in [2.75, 3.05) is 27.2 Å². The number of hydrogen-bond donors (Lipinski definition) is 0. The number of rotatable bonds is 5. The van der Waals surface area contributed by atoms with Gasteiger partial charge in [-0.1, -0.05) is 30.3 Å². The number of likely N-dealkylation sites (tertiary alicyclic amines) is 1. The Bertz CT molecular complexity index is 766. The Labute approximate surface area is 146 Å². The standard InChI is InChI=1S/C18H21N3O4/c1-13(14-7-5-4-6-8-14)21-12-19-9-15(21)16(22)25-18(17(23)24-3)10-20(2)11-18/h4-9,12-13H,10-11H2,1-3H3. The minimum atomic E-state index is -1.24. The van der Waals surface area contributed by atoms with Crippen molar-refractivity contribution >= 4 is 11.9 Å². The lowest BCUT2D eigenvalue weighted by Crippen LogP contribution is -2.67. The molecular formula is C18H21N3O4. The van der Waals surface area contributed by atoms with Crippen molar-refractivity contribution in [1.29, 1.82) is 0 Å². The summed E-state index contributed by atoms with van der Waals surface area (Å²) in [5, 5.41) is 0. The third kappa shape index (κ3) is 3.15. The summed E-state index contributed by atoms with van der Waals surface area (Å²) >= 11 is 0. The highest BCUT2D eigenvalue weighted by Gasteiger charge is 2.53. The van der Waals surface area contributed by atoms with Crippen LogP contribution in [0.15, 0.2) is 42.9 Å². The molecule has 1 saturated heterocycles. The number of methoxy groups -OCH3 is 1. The summed E-state index contributed by atoms with van der Waals surface area (Å²) < 4.78 is 12.1. The van der Waals surface area contributed by atoms with Gasteiger partial charge in [-0.15, -0.1) is 0 Å². The monoisotopic (exact) mass is 343 g/mol. The molecule has 0 bridgehead atoms. The second-order valence-electron chi connectivity index (χ2n) is 6.32. The highest BCUT2D eigenvalue weighted by atomic mass is 16.6. The molecular weight excluding hydrogens is 322 g/mol. The SMILES string of the molecule is COC(=O)C1(OC(=O)c2cncn2C(C)c2ccccc2)CN(C)C1. The van der Waals surface area contributed by atoms with E-state index in [-0.39, 0.29) is 6.04 Å². The van der Waals surface area contributed by atoms with Crippen LogP contribution in [0, 0.1) is 0 Å². The molecule has 0 N–H and O–H groups in total. The Morgan fingerprint density at radius 3 is 2.52 bits per heavy atom. The van der Waals surface area contributed by atoms with Crippen LogP contribution in [0.2, 0.25) is 0 Å². The zero-order chi connectivity index (χ0) is 18.0. The van der Waals surface area contributed by atoms with E-state index in [1.54, 1.807) is 10.9 Å². The molecule has 1 fully saturated rings. The van der Waals surface area contributed by atoms with Crippen LogP contribution in [0.3, 0.4) is 0 Å². The number of nitrogens with zero attached hydrogens (tertiary/aromatic N) is 3. The normalized spacial score (nSPS) is 17.4. The van der Waals surface area contributed by atoms with Crippen LogP contribution >= 0.6 is 0 Å². The number of imidazole rings is 1. The molecule has 7 nitrogen and oxygen atoms in total. The molecule has 1 aliphatic rings. The summed E-state index contributed by atoms with van der Waals surface area (Å²) in [5.74, 6) is -1.13. The van der Waals surface area contributed by atoms with Crippen molar-refractivity contribution in [3.05, 3.63) is 54.1 Å². The maximum absolute atomic E-state index is 12.7. The number of ether oxygens (including phenoxy) is 2. The van der Waals surface area contributed by atoms with Crippen LogP contribution in [0.25, 0.3) is 0 Å². The van der Waals surface area contributed by atoms with Crippen molar-refractivity contribution in [3.63, 3.8) is 0 Å². The van der Waals surface area contributed by atoms with Crippen molar-refractivity contribution in [1.82, 2.24) is 14.5 Å². The van der Waals surface area contributed by atoms with E-state index in [4.69, 9.17) is 9.47 Å². The van der Waals surface area contributed by atoms with Gasteiger partial charge in [-0.05, 0) is 19.5 Å². The van der Waals surface area contributed by atoms with E-state index < -0.39 is 17.5 Å². The minimum Gasteiger partial charge on any atom is -0.466 e. The zero-order valence-corrected chi connectivity index (χ0v) is 14.5. The number of benzene rings is 1. The highest BCUT2D eigenvalue weighted by molar-refractivity contribution is 5.92. The third-order valence-corrected chi connectivity index (χ3v) is 4.47. The van der Waals surface area contributed by atoms with E-state index in [2.05, 4.69) is 4.98 Å². The summed E-state index contributed by atoms with van der Waals surface area (Å²) in [6, 6.07) is 9.69. The minimum absolute atomic E-state index is 0.0932. The number of carbonyl (C=O) groups is 2. The maximum Gasteiger partial charge on any atom is 0.357 e. The molecule has 0 amide bonds. The topological polar surface area (TPSA) is 73.7 Å². The third-order valence-electron chi connectivity index (χ3n) is 4.47. The summed E-state index contributed by atoms with van der Waals surface area (Å²) in [6.07, 6.45) is 3.04. The van der Waals surface area contributed by atoms with Gasteiger partial charge in [-0.3, -0.25) is 4.90 Å². The summed E-state index contributed by atoms with van der Waals surface area (Å²) in [6.45, 7) is 2.60. The van der Waals surface area contributed by atoms with Crippen molar-refractivity contribution < 1.29 is 19.1 Å². The van der Waals surface area contributed by atoms with Crippen LogP contribution < -0.4 is 0 Å². The van der Waals surface area contributed by atoms with Crippen LogP contribution in [-0.4, -0.2) is 59.2 Å². The molecule has 0 saturated carbocycles. The van der Waals surface area contributed by atoms with Gasteiger partial charge in [0.2, 0.25) is 5.60 Å². The Hall–Kier alpha value is -2.67. The highest BCUT2D eigenvalue weighted by Crippen LogP contribution is 2.28. The molecule has 2 aromatic rings. The van der Waals surface area contributed by atoms with Crippen molar-refractivity contribution in [2.45, 2.75) is 18.6 Å². The fraction of sp³-hybridized carbons (Fsp3) is 0.389. The van der Waals surface area contributed by atoms with Crippen LogP contribution in [0.4, 0.5) is 0 Å². The fourth-order valence-electron chi connectivity index (χ4n) is 3.14. The van der Waals surface area contributed by atoms with Gasteiger partial charge in [0.1, 0.15) is 5.69 Å². The molecule has 1 unspecified atom stereocenters. The second-order valence-corrected chi connectivity index (χ2v) is 6.32. The average molecular weight is 343 g/mol. The van der Waals surface area contributed by atoms with Crippen LogP contribution in [0.1, 0.15) is 29.0 Å². The van der Waals surface area contributed by atoms with Gasteiger partial charge in [-0.25, -0.2) is 14.6 Å². The van der Waals surface area contributed by atoms with Gasteiger partial charge in [0.05, 0.1) is 38.8 Å². The smallest absolute Gasteiger partial charge is 0.357 e. The lowest BCUT2D eigenvalue weighted by atomic mass is 9.94. The van der Waals surface area contributed by atoms with Gasteiger partial charge in [0, 0.05) is 0 Å². The Balaban J connectivity index is 1.82. The molecule has 132 valence electrons. The summed E-state index contributed by atoms with van der Waals surface area (Å²) in [4.78, 5) is 30.7. The molecule has 25 heavy (non-hydrogen) atoms. The zero-order valence-electron chi connectivity index (χ0n) is 14.5. The van der Waals surface area contributed by atoms with Gasteiger partial charge >= 0.3 is 11.9 Å². The number of esters is 2. The fourth-order valence-corrected chi connectivity index (χ4v) is 3.14. The average Bonchev–Trinajstić information content (AvgIpc) is 3.09. The first-order chi connectivity index (χ1) is 12.0. The van der Waals surface area contributed by atoms with Crippen molar-refractivity contribution in [2.24, 2.45) is 0 Å². The second kappa shape index (κ2) is 6.68. The van der Waals surface area contributed by atoms with E-state index in [1.165, 1.54) is 13.3 Å². The van der Waals surface area contributed by atoms with Gasteiger partial charge in [0.25, 0.3) is 0 Å². The quantitative estimate of drug-likeness (QED) is 0.766. The van der Waals surface area contributed by atoms with E-state index in [9.17, 15) is 9.59 Å². The summed E-state index contributed by atoms with van der Waals surface area (Å²) in [7, 11) is 3.13. The summed E-state index contributed by atoms with van der Waals surface area (Å²) in [5.41, 5.74) is 0.0980. The molecule has 3 rings (SSSR count). The Morgan fingerprint density at radius 1 is 1.24 bits per heavy atom. The molecule has 0 aliphatic carbocycles. The van der Waals surface area contributed by atoms with Gasteiger partial charge < -0.3 is 14.0 Å². The Kier molecular flexibility index (Phi) is 4.59. The van der Waals surface area contributed by atoms with Crippen molar-refractivity contribution in [3.8, 4) is 0 Å². The number of aromatic nitrogens is 2. The van der Waals surface area contributed by atoms with Crippen LogP contribution in [0.5, 0.6) is 0 Å². The predicted octanol–water partition coefficient (Wildman–Crippen LogP) is 1.51. The lowest BCUT2D eigenvalue weighted by molar-refractivity contribution is -0.180. The molecule has 1 atom stereocenters. The van der Waals surface area contributed by atoms with E-state index in [0.717, 1.165) is 5.56 Å². The largest absolute Gasteiger partial charge is 0.466 e. The predicted molar refractivity (Wildman–Crippen MR) is 90.1 cm³/mol. The van der Waals surface area contributed by atoms with E-state index in [1.807, 2.05) is 49.2 Å². The first-order valence-corrected chi connectivity index (χ1v) is 8.04. The molecule has 1 aromatic carbocycles. The first-order valence-electron chi connectivity index (χ1n) is 8.04. The molecule has 2 heterocycles. The lowest BCUT2D eigenvalue weighted by Gasteiger charge is -2.44. The first kappa shape index (κ1) is 17.2. The van der Waals surface area contributed by atoms with E-state index in [0.29, 0.717) is 18.8 Å². The maximum atomic E-state index is 12.7. The molecule has 0 spiro atoms.